The van der Waals surface area contributed by atoms with Crippen LogP contribution in [-0.2, 0) is 11.0 Å². The molecule has 0 amide bonds. The Morgan fingerprint density at radius 2 is 1.64 bits per heavy atom. The van der Waals surface area contributed by atoms with Gasteiger partial charge in [-0.25, -0.2) is 4.21 Å². The summed E-state index contributed by atoms with van der Waals surface area (Å²) in [6.07, 6.45) is 0. The zero-order valence-corrected chi connectivity index (χ0v) is 12.2. The lowest BCUT2D eigenvalue weighted by atomic mass is 10.2. The third kappa shape index (κ3) is 3.44. The van der Waals surface area contributed by atoms with Gasteiger partial charge >= 0.3 is 0 Å². The third-order valence-corrected chi connectivity index (χ3v) is 3.98. The van der Waals surface area contributed by atoms with E-state index in [1.165, 1.54) is 0 Å². The summed E-state index contributed by atoms with van der Waals surface area (Å²) in [6.45, 7) is 1.89. The minimum Gasteiger partial charge on any atom is -0.301 e. The molecule has 2 aromatic carbocycles. The Hall–Kier alpha value is -2.81. The molecule has 1 unspecified atom stereocenters. The van der Waals surface area contributed by atoms with Crippen LogP contribution in [0.5, 0.6) is 0 Å². The largest absolute Gasteiger partial charge is 0.301 e. The standard InChI is InChI=1S/C13H11N3O5S/c1-9-2-4-10(5-3-9)14-22(21)13-7-6-11(15(17)18)8-12(13)16(19)20/h2-8,14H,1H3. The van der Waals surface area contributed by atoms with Crippen molar-refractivity contribution < 1.29 is 14.1 Å². The minimum atomic E-state index is -1.91. The highest BCUT2D eigenvalue weighted by Crippen LogP contribution is 2.27. The Kier molecular flexibility index (Phi) is 4.47. The molecule has 0 aliphatic heterocycles. The number of non-ortho nitro benzene ring substituents is 1. The Morgan fingerprint density at radius 1 is 1.00 bits per heavy atom. The number of anilines is 1. The first-order chi connectivity index (χ1) is 10.4. The first kappa shape index (κ1) is 15.6. The summed E-state index contributed by atoms with van der Waals surface area (Å²) in [7, 11) is -1.91. The lowest BCUT2D eigenvalue weighted by Crippen LogP contribution is -2.07. The zero-order valence-electron chi connectivity index (χ0n) is 11.4. The van der Waals surface area contributed by atoms with Gasteiger partial charge in [0.2, 0.25) is 0 Å². The number of nitrogens with zero attached hydrogens (tertiary/aromatic N) is 2. The third-order valence-electron chi connectivity index (χ3n) is 2.81. The highest BCUT2D eigenvalue weighted by Gasteiger charge is 2.23. The second-order valence-electron chi connectivity index (χ2n) is 4.40. The molecule has 8 nitrogen and oxygen atoms in total. The fraction of sp³-hybridized carbons (Fsp3) is 0.0769. The van der Waals surface area contributed by atoms with Crippen LogP contribution < -0.4 is 4.72 Å². The highest BCUT2D eigenvalue weighted by molar-refractivity contribution is 7.86. The molecule has 0 heterocycles. The average molecular weight is 321 g/mol. The Bertz CT molecular complexity index is 761. The molecule has 22 heavy (non-hydrogen) atoms. The quantitative estimate of drug-likeness (QED) is 0.671. The molecule has 0 fully saturated rings. The van der Waals surface area contributed by atoms with Crippen molar-refractivity contribution in [2.75, 3.05) is 4.72 Å². The molecule has 114 valence electrons. The van der Waals surface area contributed by atoms with Gasteiger partial charge in [0.05, 0.1) is 15.9 Å². The van der Waals surface area contributed by atoms with Gasteiger partial charge in [-0.15, -0.1) is 0 Å². The highest BCUT2D eigenvalue weighted by atomic mass is 32.2. The van der Waals surface area contributed by atoms with Gasteiger partial charge in [-0.3, -0.25) is 20.2 Å². The van der Waals surface area contributed by atoms with Crippen molar-refractivity contribution in [1.29, 1.82) is 0 Å². The molecule has 0 aliphatic rings. The van der Waals surface area contributed by atoms with Crippen molar-refractivity contribution in [3.8, 4) is 0 Å². The van der Waals surface area contributed by atoms with Gasteiger partial charge in [-0.05, 0) is 25.1 Å². The van der Waals surface area contributed by atoms with Crippen LogP contribution in [-0.4, -0.2) is 14.1 Å². The molecule has 0 bridgehead atoms. The van der Waals surface area contributed by atoms with Gasteiger partial charge in [0.15, 0.2) is 11.0 Å². The SMILES string of the molecule is Cc1ccc(NS(=O)c2ccc([N+](=O)[O-])cc2[N+](=O)[O-])cc1. The summed E-state index contributed by atoms with van der Waals surface area (Å²) in [6, 6.07) is 9.96. The van der Waals surface area contributed by atoms with E-state index in [4.69, 9.17) is 0 Å². The molecule has 0 radical (unpaired) electrons. The second kappa shape index (κ2) is 6.31. The predicted octanol–water partition coefficient (Wildman–Crippen LogP) is 2.95. The number of nitro benzene ring substituents is 2. The van der Waals surface area contributed by atoms with Gasteiger partial charge in [-0.1, -0.05) is 17.7 Å². The summed E-state index contributed by atoms with van der Waals surface area (Å²) in [4.78, 5) is 20.0. The van der Waals surface area contributed by atoms with Crippen LogP contribution in [0.1, 0.15) is 5.56 Å². The fourth-order valence-corrected chi connectivity index (χ4v) is 2.68. The Morgan fingerprint density at radius 3 is 2.18 bits per heavy atom. The molecule has 0 saturated heterocycles. The van der Waals surface area contributed by atoms with Gasteiger partial charge in [0.1, 0.15) is 4.90 Å². The normalized spacial score (nSPS) is 11.7. The number of benzene rings is 2. The van der Waals surface area contributed by atoms with Crippen LogP contribution in [0.2, 0.25) is 0 Å². The maximum absolute atomic E-state index is 12.2. The lowest BCUT2D eigenvalue weighted by molar-refractivity contribution is -0.396. The van der Waals surface area contributed by atoms with Gasteiger partial charge in [-0.2, -0.15) is 0 Å². The van der Waals surface area contributed by atoms with Crippen molar-refractivity contribution >= 4 is 28.0 Å². The Balaban J connectivity index is 2.34. The predicted molar refractivity (Wildman–Crippen MR) is 81.0 cm³/mol. The summed E-state index contributed by atoms with van der Waals surface area (Å²) < 4.78 is 14.9. The summed E-state index contributed by atoms with van der Waals surface area (Å²) in [5.41, 5.74) is 0.546. The van der Waals surface area contributed by atoms with Crippen molar-refractivity contribution in [1.82, 2.24) is 0 Å². The molecule has 1 N–H and O–H groups in total. The number of nitrogens with one attached hydrogen (secondary N) is 1. The molecule has 9 heteroatoms. The van der Waals surface area contributed by atoms with Crippen LogP contribution >= 0.6 is 0 Å². The fourth-order valence-electron chi connectivity index (χ4n) is 1.70. The van der Waals surface area contributed by atoms with Crippen LogP contribution in [0.15, 0.2) is 47.4 Å². The Labute approximate surface area is 127 Å². The molecular weight excluding hydrogens is 310 g/mol. The first-order valence-electron chi connectivity index (χ1n) is 6.06. The summed E-state index contributed by atoms with van der Waals surface area (Å²) >= 11 is 0. The molecule has 0 aromatic heterocycles. The van der Waals surface area contributed by atoms with E-state index in [0.717, 1.165) is 23.8 Å². The summed E-state index contributed by atoms with van der Waals surface area (Å²) in [5.74, 6) is 0. The molecule has 1 atom stereocenters. The van der Waals surface area contributed by atoms with E-state index in [1.807, 2.05) is 6.92 Å². The van der Waals surface area contributed by atoms with Crippen LogP contribution in [0.4, 0.5) is 17.1 Å². The van der Waals surface area contributed by atoms with Crippen LogP contribution in [0, 0.1) is 27.2 Å². The maximum Gasteiger partial charge on any atom is 0.294 e. The second-order valence-corrected chi connectivity index (χ2v) is 5.58. The number of hydrogen-bond acceptors (Lipinski definition) is 5. The van der Waals surface area contributed by atoms with E-state index >= 15 is 0 Å². The van der Waals surface area contributed by atoms with E-state index in [9.17, 15) is 24.4 Å². The van der Waals surface area contributed by atoms with Crippen molar-refractivity contribution in [3.63, 3.8) is 0 Å². The number of nitro groups is 2. The van der Waals surface area contributed by atoms with Crippen molar-refractivity contribution in [2.45, 2.75) is 11.8 Å². The average Bonchev–Trinajstić information content (AvgIpc) is 2.48. The van der Waals surface area contributed by atoms with E-state index in [-0.39, 0.29) is 4.90 Å². The zero-order chi connectivity index (χ0) is 16.3. The maximum atomic E-state index is 12.2. The van der Waals surface area contributed by atoms with Crippen molar-refractivity contribution in [2.24, 2.45) is 0 Å². The van der Waals surface area contributed by atoms with E-state index in [0.29, 0.717) is 5.69 Å². The van der Waals surface area contributed by atoms with Crippen LogP contribution in [0.25, 0.3) is 0 Å². The summed E-state index contributed by atoms with van der Waals surface area (Å²) in [5, 5.41) is 21.7. The van der Waals surface area contributed by atoms with Crippen molar-refractivity contribution in [3.05, 3.63) is 68.3 Å². The molecule has 2 aromatic rings. The van der Waals surface area contributed by atoms with Gasteiger partial charge in [0.25, 0.3) is 11.4 Å². The number of hydrogen-bond donors (Lipinski definition) is 1. The molecular formula is C13H11N3O5S. The number of rotatable bonds is 5. The molecule has 0 aliphatic carbocycles. The van der Waals surface area contributed by atoms with Gasteiger partial charge < -0.3 is 4.72 Å². The van der Waals surface area contributed by atoms with Crippen LogP contribution in [0.3, 0.4) is 0 Å². The molecule has 0 saturated carbocycles. The van der Waals surface area contributed by atoms with E-state index in [2.05, 4.69) is 4.72 Å². The molecule has 0 spiro atoms. The number of aryl methyl sites for hydroxylation is 1. The first-order valence-corrected chi connectivity index (χ1v) is 7.21. The minimum absolute atomic E-state index is 0.129. The lowest BCUT2D eigenvalue weighted by Gasteiger charge is -2.07. The van der Waals surface area contributed by atoms with Gasteiger partial charge in [0, 0.05) is 11.8 Å². The van der Waals surface area contributed by atoms with E-state index in [1.54, 1.807) is 24.3 Å². The monoisotopic (exact) mass is 321 g/mol. The smallest absolute Gasteiger partial charge is 0.294 e. The van der Waals surface area contributed by atoms with E-state index < -0.39 is 32.2 Å². The molecule has 2 rings (SSSR count). The topological polar surface area (TPSA) is 115 Å².